The third-order valence-electron chi connectivity index (χ3n) is 3.26. The fraction of sp³-hybridized carbons (Fsp3) is 0.500. The van der Waals surface area contributed by atoms with Crippen molar-refractivity contribution in [1.29, 1.82) is 0 Å². The first-order valence-corrected chi connectivity index (χ1v) is 7.26. The molecule has 1 spiro atoms. The van der Waals surface area contributed by atoms with Crippen molar-refractivity contribution in [3.8, 4) is 0 Å². The first-order chi connectivity index (χ1) is 9.69. The third-order valence-corrected chi connectivity index (χ3v) is 3.93. The topological polar surface area (TPSA) is 89.9 Å². The van der Waals surface area contributed by atoms with Gasteiger partial charge in [0.05, 0.1) is 0 Å². The van der Waals surface area contributed by atoms with Crippen molar-refractivity contribution in [3.05, 3.63) is 11.6 Å². The van der Waals surface area contributed by atoms with Crippen LogP contribution in [0.2, 0.25) is 0 Å². The molecule has 1 saturated heterocycles. The summed E-state index contributed by atoms with van der Waals surface area (Å²) in [7, 11) is 0. The van der Waals surface area contributed by atoms with Gasteiger partial charge in [-0.3, -0.25) is 5.43 Å². The van der Waals surface area contributed by atoms with E-state index in [-0.39, 0.29) is 5.71 Å². The molecule has 1 aromatic heterocycles. The minimum atomic E-state index is -1.08. The standard InChI is InChI=1S/C12H13N3O4S/c16-9-8(14-15-11-13-6-7-20-11)10(17)19-12(18-9)4-2-1-3-5-12/h6-7H,1-5H2,(H,13,15). The van der Waals surface area contributed by atoms with Crippen molar-refractivity contribution < 1.29 is 19.1 Å². The van der Waals surface area contributed by atoms with E-state index in [4.69, 9.17) is 9.47 Å². The predicted octanol–water partition coefficient (Wildman–Crippen LogP) is 1.67. The largest absolute Gasteiger partial charge is 0.417 e. The van der Waals surface area contributed by atoms with Crippen LogP contribution in [0.3, 0.4) is 0 Å². The van der Waals surface area contributed by atoms with Gasteiger partial charge >= 0.3 is 11.9 Å². The Labute approximate surface area is 119 Å². The highest BCUT2D eigenvalue weighted by Crippen LogP contribution is 2.35. The number of carbonyl (C=O) groups is 2. The average Bonchev–Trinajstić information content (AvgIpc) is 2.91. The number of carbonyl (C=O) groups excluding carboxylic acids is 2. The number of rotatable bonds is 2. The maximum absolute atomic E-state index is 11.9. The molecule has 1 aliphatic carbocycles. The SMILES string of the molecule is O=C1OC2(CCCCC2)OC(=O)C1=NNc1nccs1. The number of hydrazone groups is 1. The second-order valence-electron chi connectivity index (χ2n) is 4.66. The molecule has 106 valence electrons. The minimum absolute atomic E-state index is 0.378. The number of anilines is 1. The predicted molar refractivity (Wildman–Crippen MR) is 71.2 cm³/mol. The Morgan fingerprint density at radius 1 is 1.20 bits per heavy atom. The van der Waals surface area contributed by atoms with Crippen molar-refractivity contribution in [2.45, 2.75) is 37.9 Å². The number of hydrogen-bond acceptors (Lipinski definition) is 8. The summed E-state index contributed by atoms with van der Waals surface area (Å²) in [5.41, 5.74) is 2.16. The Bertz CT molecular complexity index is 527. The van der Waals surface area contributed by atoms with Gasteiger partial charge < -0.3 is 9.47 Å². The molecular formula is C12H13N3O4S. The molecule has 0 radical (unpaired) electrons. The van der Waals surface area contributed by atoms with Crippen molar-refractivity contribution in [2.75, 3.05) is 5.43 Å². The highest BCUT2D eigenvalue weighted by Gasteiger charge is 2.47. The van der Waals surface area contributed by atoms with Gasteiger partial charge in [-0.15, -0.1) is 11.3 Å². The molecule has 20 heavy (non-hydrogen) atoms. The zero-order valence-corrected chi connectivity index (χ0v) is 11.4. The Hall–Kier alpha value is -1.96. The Kier molecular flexibility index (Phi) is 3.39. The number of ether oxygens (including phenoxy) is 2. The number of aromatic nitrogens is 1. The van der Waals surface area contributed by atoms with Gasteiger partial charge in [0.15, 0.2) is 0 Å². The zero-order chi connectivity index (χ0) is 14.0. The Balaban J connectivity index is 1.73. The van der Waals surface area contributed by atoms with Gasteiger partial charge in [0.1, 0.15) is 0 Å². The molecule has 0 amide bonds. The lowest BCUT2D eigenvalue weighted by Gasteiger charge is -2.38. The number of nitrogens with zero attached hydrogens (tertiary/aromatic N) is 2. The highest BCUT2D eigenvalue weighted by molar-refractivity contribution is 7.13. The van der Waals surface area contributed by atoms with Gasteiger partial charge in [0, 0.05) is 24.4 Å². The van der Waals surface area contributed by atoms with Crippen LogP contribution in [-0.2, 0) is 19.1 Å². The van der Waals surface area contributed by atoms with Crippen LogP contribution in [0, 0.1) is 0 Å². The number of hydrogen-bond donors (Lipinski definition) is 1. The highest BCUT2D eigenvalue weighted by atomic mass is 32.1. The number of thiazole rings is 1. The quantitative estimate of drug-likeness (QED) is 0.659. The van der Waals surface area contributed by atoms with E-state index < -0.39 is 17.7 Å². The maximum Gasteiger partial charge on any atom is 0.369 e. The van der Waals surface area contributed by atoms with Gasteiger partial charge in [0.25, 0.3) is 11.5 Å². The molecule has 0 bridgehead atoms. The lowest BCUT2D eigenvalue weighted by molar-refractivity contribution is -0.237. The molecule has 1 N–H and O–H groups in total. The molecule has 2 heterocycles. The van der Waals surface area contributed by atoms with E-state index in [9.17, 15) is 9.59 Å². The van der Waals surface area contributed by atoms with Crippen LogP contribution < -0.4 is 5.43 Å². The van der Waals surface area contributed by atoms with Crippen LogP contribution in [0.5, 0.6) is 0 Å². The average molecular weight is 295 g/mol. The first kappa shape index (κ1) is 13.0. The molecule has 3 rings (SSSR count). The summed E-state index contributed by atoms with van der Waals surface area (Å²) in [6.45, 7) is 0. The second-order valence-corrected chi connectivity index (χ2v) is 5.55. The van der Waals surface area contributed by atoms with Crippen molar-refractivity contribution in [3.63, 3.8) is 0 Å². The fourth-order valence-corrected chi connectivity index (χ4v) is 2.78. The van der Waals surface area contributed by atoms with Crippen LogP contribution >= 0.6 is 11.3 Å². The van der Waals surface area contributed by atoms with E-state index in [0.29, 0.717) is 18.0 Å². The summed E-state index contributed by atoms with van der Waals surface area (Å²) in [6, 6.07) is 0. The van der Waals surface area contributed by atoms with E-state index >= 15 is 0 Å². The summed E-state index contributed by atoms with van der Waals surface area (Å²) in [4.78, 5) is 27.8. The minimum Gasteiger partial charge on any atom is -0.417 e. The normalized spacial score (nSPS) is 21.3. The molecule has 1 saturated carbocycles. The molecule has 1 aromatic rings. The van der Waals surface area contributed by atoms with E-state index in [1.54, 1.807) is 11.6 Å². The second kappa shape index (κ2) is 5.20. The molecule has 0 atom stereocenters. The maximum atomic E-state index is 11.9. The number of esters is 2. The molecule has 2 fully saturated rings. The van der Waals surface area contributed by atoms with Crippen LogP contribution in [0.4, 0.5) is 5.13 Å². The molecule has 2 aliphatic rings. The Morgan fingerprint density at radius 3 is 2.50 bits per heavy atom. The first-order valence-electron chi connectivity index (χ1n) is 6.38. The molecule has 0 unspecified atom stereocenters. The summed E-state index contributed by atoms with van der Waals surface area (Å²) in [5.74, 6) is -2.56. The summed E-state index contributed by atoms with van der Waals surface area (Å²) < 4.78 is 10.6. The van der Waals surface area contributed by atoms with Crippen LogP contribution in [-0.4, -0.2) is 28.4 Å². The van der Waals surface area contributed by atoms with Crippen LogP contribution in [0.15, 0.2) is 16.7 Å². The van der Waals surface area contributed by atoms with E-state index in [0.717, 1.165) is 19.3 Å². The zero-order valence-electron chi connectivity index (χ0n) is 10.6. The lowest BCUT2D eigenvalue weighted by Crippen LogP contribution is -2.51. The molecule has 1 aliphatic heterocycles. The molecule has 7 nitrogen and oxygen atoms in total. The summed E-state index contributed by atoms with van der Waals surface area (Å²) >= 11 is 1.30. The van der Waals surface area contributed by atoms with E-state index in [1.165, 1.54) is 11.3 Å². The van der Waals surface area contributed by atoms with Gasteiger partial charge in [-0.05, 0) is 12.8 Å². The summed E-state index contributed by atoms with van der Waals surface area (Å²) in [6.07, 6.45) is 5.51. The fourth-order valence-electron chi connectivity index (χ4n) is 2.31. The monoisotopic (exact) mass is 295 g/mol. The van der Waals surface area contributed by atoms with E-state index in [2.05, 4.69) is 15.5 Å². The molecule has 8 heteroatoms. The van der Waals surface area contributed by atoms with Gasteiger partial charge in [0.2, 0.25) is 5.13 Å². The van der Waals surface area contributed by atoms with E-state index in [1.807, 2.05) is 0 Å². The van der Waals surface area contributed by atoms with Crippen LogP contribution in [0.1, 0.15) is 32.1 Å². The van der Waals surface area contributed by atoms with Crippen molar-refractivity contribution in [1.82, 2.24) is 4.98 Å². The Morgan fingerprint density at radius 2 is 1.90 bits per heavy atom. The summed E-state index contributed by atoms with van der Waals surface area (Å²) in [5, 5.41) is 5.96. The number of nitrogens with one attached hydrogen (secondary N) is 1. The van der Waals surface area contributed by atoms with Gasteiger partial charge in [-0.25, -0.2) is 14.6 Å². The van der Waals surface area contributed by atoms with Crippen LogP contribution in [0.25, 0.3) is 0 Å². The smallest absolute Gasteiger partial charge is 0.369 e. The van der Waals surface area contributed by atoms with Crippen molar-refractivity contribution in [2.24, 2.45) is 5.10 Å². The van der Waals surface area contributed by atoms with Gasteiger partial charge in [-0.1, -0.05) is 6.42 Å². The molecule has 0 aromatic carbocycles. The third kappa shape index (κ3) is 2.51. The van der Waals surface area contributed by atoms with Gasteiger partial charge in [-0.2, -0.15) is 5.10 Å². The van der Waals surface area contributed by atoms with Crippen molar-refractivity contribution >= 4 is 34.1 Å². The lowest BCUT2D eigenvalue weighted by atomic mass is 9.93. The molecular weight excluding hydrogens is 282 g/mol.